The maximum absolute atomic E-state index is 5.46. The van der Waals surface area contributed by atoms with Crippen LogP contribution < -0.4 is 5.32 Å². The normalized spacial score (nSPS) is 11.1. The predicted octanol–water partition coefficient (Wildman–Crippen LogP) is 2.46. The topological polar surface area (TPSA) is 21.3 Å². The maximum Gasteiger partial charge on any atom is 0.0590 e. The third-order valence-electron chi connectivity index (χ3n) is 1.75. The third kappa shape index (κ3) is 12.6. The maximum atomic E-state index is 5.46. The monoisotopic (exact) mass is 299 g/mol. The van der Waals surface area contributed by atoms with Gasteiger partial charge in [0.15, 0.2) is 0 Å². The lowest BCUT2D eigenvalue weighted by molar-refractivity contribution is 0.125. The second-order valence-corrected chi connectivity index (χ2v) is 4.67. The van der Waals surface area contributed by atoms with Crippen LogP contribution >= 0.6 is 22.6 Å². The summed E-state index contributed by atoms with van der Waals surface area (Å²) in [6, 6.07) is 0. The molecule has 0 aromatic heterocycles. The minimum Gasteiger partial charge on any atom is -0.380 e. The summed E-state index contributed by atoms with van der Waals surface area (Å²) >= 11 is 2.40. The van der Waals surface area contributed by atoms with Gasteiger partial charge in [-0.2, -0.15) is 0 Å². The molecule has 0 aliphatic heterocycles. The smallest absolute Gasteiger partial charge is 0.0590 e. The van der Waals surface area contributed by atoms with E-state index in [2.05, 4.69) is 41.8 Å². The zero-order valence-corrected chi connectivity index (χ0v) is 11.0. The first-order valence-electron chi connectivity index (χ1n) is 5.11. The van der Waals surface area contributed by atoms with Crippen LogP contribution in [0.1, 0.15) is 26.7 Å². The van der Waals surface area contributed by atoms with Crippen LogP contribution in [0.5, 0.6) is 0 Å². The van der Waals surface area contributed by atoms with Gasteiger partial charge >= 0.3 is 0 Å². The van der Waals surface area contributed by atoms with Crippen LogP contribution in [0.4, 0.5) is 0 Å². The van der Waals surface area contributed by atoms with E-state index in [1.54, 1.807) is 0 Å². The van der Waals surface area contributed by atoms with Gasteiger partial charge in [-0.1, -0.05) is 36.4 Å². The van der Waals surface area contributed by atoms with E-state index < -0.39 is 0 Å². The SMILES string of the molecule is CC(C)CCOCCNCCCI. The van der Waals surface area contributed by atoms with Gasteiger partial charge in [-0.15, -0.1) is 0 Å². The van der Waals surface area contributed by atoms with E-state index in [-0.39, 0.29) is 0 Å². The molecule has 0 amide bonds. The number of hydrogen-bond donors (Lipinski definition) is 1. The Balaban J connectivity index is 2.84. The van der Waals surface area contributed by atoms with Crippen molar-refractivity contribution in [3.63, 3.8) is 0 Å². The van der Waals surface area contributed by atoms with Crippen LogP contribution in [0, 0.1) is 5.92 Å². The minimum atomic E-state index is 0.756. The zero-order chi connectivity index (χ0) is 9.94. The van der Waals surface area contributed by atoms with Crippen LogP contribution in [0.3, 0.4) is 0 Å². The molecule has 0 aliphatic rings. The first-order valence-corrected chi connectivity index (χ1v) is 6.64. The highest BCUT2D eigenvalue weighted by Crippen LogP contribution is 1.98. The lowest BCUT2D eigenvalue weighted by Crippen LogP contribution is -2.21. The highest BCUT2D eigenvalue weighted by atomic mass is 127. The molecule has 0 aromatic carbocycles. The van der Waals surface area contributed by atoms with E-state index in [1.807, 2.05) is 0 Å². The van der Waals surface area contributed by atoms with Gasteiger partial charge in [0.25, 0.3) is 0 Å². The van der Waals surface area contributed by atoms with Crippen molar-refractivity contribution in [3.8, 4) is 0 Å². The summed E-state index contributed by atoms with van der Waals surface area (Å²) < 4.78 is 6.70. The molecule has 0 rings (SSSR count). The van der Waals surface area contributed by atoms with E-state index in [0.717, 1.165) is 32.2 Å². The number of rotatable bonds is 9. The fraction of sp³-hybridized carbons (Fsp3) is 1.00. The van der Waals surface area contributed by atoms with Gasteiger partial charge in [0.2, 0.25) is 0 Å². The van der Waals surface area contributed by atoms with Crippen molar-refractivity contribution in [3.05, 3.63) is 0 Å². The molecule has 0 saturated carbocycles. The molecule has 0 bridgehead atoms. The first kappa shape index (κ1) is 13.7. The van der Waals surface area contributed by atoms with Crippen molar-refractivity contribution in [2.45, 2.75) is 26.7 Å². The largest absolute Gasteiger partial charge is 0.380 e. The molecule has 0 aromatic rings. The molecule has 0 spiro atoms. The predicted molar refractivity (Wildman–Crippen MR) is 66.6 cm³/mol. The summed E-state index contributed by atoms with van der Waals surface area (Å²) in [5, 5.41) is 3.34. The van der Waals surface area contributed by atoms with Crippen LogP contribution in [-0.2, 0) is 4.74 Å². The Kier molecular flexibility index (Phi) is 11.3. The van der Waals surface area contributed by atoms with Gasteiger partial charge in [-0.25, -0.2) is 0 Å². The number of nitrogens with one attached hydrogen (secondary N) is 1. The summed E-state index contributed by atoms with van der Waals surface area (Å²) in [4.78, 5) is 0. The van der Waals surface area contributed by atoms with Gasteiger partial charge in [-0.05, 0) is 25.3 Å². The highest BCUT2D eigenvalue weighted by molar-refractivity contribution is 14.1. The van der Waals surface area contributed by atoms with Gasteiger partial charge in [0.1, 0.15) is 0 Å². The number of halogens is 1. The highest BCUT2D eigenvalue weighted by Gasteiger charge is 1.93. The van der Waals surface area contributed by atoms with E-state index in [0.29, 0.717) is 0 Å². The number of hydrogen-bond acceptors (Lipinski definition) is 2. The van der Waals surface area contributed by atoms with E-state index in [1.165, 1.54) is 17.3 Å². The van der Waals surface area contributed by atoms with Crippen LogP contribution in [0.15, 0.2) is 0 Å². The van der Waals surface area contributed by atoms with Gasteiger partial charge in [0, 0.05) is 17.6 Å². The third-order valence-corrected chi connectivity index (χ3v) is 2.51. The number of alkyl halides is 1. The van der Waals surface area contributed by atoms with Crippen LogP contribution in [0.25, 0.3) is 0 Å². The molecule has 13 heavy (non-hydrogen) atoms. The lowest BCUT2D eigenvalue weighted by Gasteiger charge is -2.06. The van der Waals surface area contributed by atoms with Crippen molar-refractivity contribution in [1.29, 1.82) is 0 Å². The minimum absolute atomic E-state index is 0.756. The summed E-state index contributed by atoms with van der Waals surface area (Å²) in [5.74, 6) is 0.756. The second kappa shape index (κ2) is 10.7. The molecule has 0 fully saturated rings. The Morgan fingerprint density at radius 2 is 2.00 bits per heavy atom. The van der Waals surface area contributed by atoms with Gasteiger partial charge < -0.3 is 10.1 Å². The summed E-state index contributed by atoms with van der Waals surface area (Å²) in [7, 11) is 0. The van der Waals surface area contributed by atoms with E-state index in [4.69, 9.17) is 4.74 Å². The van der Waals surface area contributed by atoms with Crippen molar-refractivity contribution in [2.24, 2.45) is 5.92 Å². The van der Waals surface area contributed by atoms with Crippen LogP contribution in [-0.4, -0.2) is 30.7 Å². The summed E-state index contributed by atoms with van der Waals surface area (Å²) in [5.41, 5.74) is 0. The molecule has 0 aliphatic carbocycles. The zero-order valence-electron chi connectivity index (χ0n) is 8.81. The Labute approximate surface area is 95.9 Å². The molecule has 1 N–H and O–H groups in total. The average Bonchev–Trinajstić information content (AvgIpc) is 2.09. The Morgan fingerprint density at radius 3 is 2.62 bits per heavy atom. The van der Waals surface area contributed by atoms with Crippen molar-refractivity contribution in [1.82, 2.24) is 5.32 Å². The van der Waals surface area contributed by atoms with E-state index >= 15 is 0 Å². The Hall–Kier alpha value is 0.650. The molecule has 0 atom stereocenters. The van der Waals surface area contributed by atoms with Gasteiger partial charge in [-0.3, -0.25) is 0 Å². The molecule has 0 unspecified atom stereocenters. The van der Waals surface area contributed by atoms with Crippen LogP contribution in [0.2, 0.25) is 0 Å². The first-order chi connectivity index (χ1) is 6.27. The summed E-state index contributed by atoms with van der Waals surface area (Å²) in [6.07, 6.45) is 2.43. The quantitative estimate of drug-likeness (QED) is 0.401. The Bertz CT molecular complexity index is 98.9. The molecular weight excluding hydrogens is 277 g/mol. The number of ether oxygens (including phenoxy) is 1. The van der Waals surface area contributed by atoms with Crippen molar-refractivity contribution in [2.75, 3.05) is 30.7 Å². The molecule has 0 heterocycles. The summed E-state index contributed by atoms with van der Waals surface area (Å²) in [6.45, 7) is 8.33. The molecular formula is C10H22INO. The molecule has 0 radical (unpaired) electrons. The molecule has 0 saturated heterocycles. The van der Waals surface area contributed by atoms with E-state index in [9.17, 15) is 0 Å². The fourth-order valence-corrected chi connectivity index (χ4v) is 1.26. The standard InChI is InChI=1S/C10H22INO/c1-10(2)4-8-13-9-7-12-6-3-5-11/h10,12H,3-9H2,1-2H3. The molecule has 2 nitrogen and oxygen atoms in total. The average molecular weight is 299 g/mol. The molecule has 80 valence electrons. The lowest BCUT2D eigenvalue weighted by atomic mass is 10.1. The van der Waals surface area contributed by atoms with Crippen molar-refractivity contribution >= 4 is 22.6 Å². The van der Waals surface area contributed by atoms with Crippen molar-refractivity contribution < 1.29 is 4.74 Å². The van der Waals surface area contributed by atoms with Gasteiger partial charge in [0.05, 0.1) is 6.61 Å². The fourth-order valence-electron chi connectivity index (χ4n) is 0.882. The Morgan fingerprint density at radius 1 is 1.23 bits per heavy atom. The molecule has 3 heteroatoms. The second-order valence-electron chi connectivity index (χ2n) is 3.59.